The van der Waals surface area contributed by atoms with Crippen LogP contribution in [0.15, 0.2) is 18.2 Å². The minimum atomic E-state index is -0.0334. The summed E-state index contributed by atoms with van der Waals surface area (Å²) in [5, 5.41) is 15.4. The average Bonchev–Trinajstić information content (AvgIpc) is 2.28. The fourth-order valence-corrected chi connectivity index (χ4v) is 1.41. The summed E-state index contributed by atoms with van der Waals surface area (Å²) in [7, 11) is 1.51. The first kappa shape index (κ1) is 13.3. The van der Waals surface area contributed by atoms with E-state index in [1.54, 1.807) is 12.1 Å². The highest BCUT2D eigenvalue weighted by molar-refractivity contribution is 5.72. The van der Waals surface area contributed by atoms with Gasteiger partial charge in [0.25, 0.3) is 0 Å². The number of rotatable bonds is 6. The predicted octanol–water partition coefficient (Wildman–Crippen LogP) is 0.627. The van der Waals surface area contributed by atoms with E-state index < -0.39 is 0 Å². The second kappa shape index (κ2) is 6.75. The van der Waals surface area contributed by atoms with Gasteiger partial charge in [-0.3, -0.25) is 4.79 Å². The summed E-state index contributed by atoms with van der Waals surface area (Å²) < 4.78 is 4.95. The number of benzene rings is 1. The molecule has 1 amide bonds. The molecule has 0 saturated heterocycles. The maximum atomic E-state index is 10.6. The van der Waals surface area contributed by atoms with Gasteiger partial charge in [-0.25, -0.2) is 0 Å². The summed E-state index contributed by atoms with van der Waals surface area (Å²) >= 11 is 0. The lowest BCUT2D eigenvalue weighted by atomic mass is 10.2. The van der Waals surface area contributed by atoms with E-state index in [1.807, 2.05) is 6.07 Å². The van der Waals surface area contributed by atoms with E-state index in [4.69, 9.17) is 4.74 Å². The zero-order chi connectivity index (χ0) is 12.7. The van der Waals surface area contributed by atoms with Crippen molar-refractivity contribution in [3.8, 4) is 11.5 Å². The van der Waals surface area contributed by atoms with Crippen LogP contribution in [0, 0.1) is 0 Å². The van der Waals surface area contributed by atoms with Gasteiger partial charge in [-0.1, -0.05) is 6.07 Å². The molecular formula is C12H18N2O3. The van der Waals surface area contributed by atoms with Crippen molar-refractivity contribution in [3.63, 3.8) is 0 Å². The zero-order valence-corrected chi connectivity index (χ0v) is 10.1. The topological polar surface area (TPSA) is 70.6 Å². The van der Waals surface area contributed by atoms with Crippen LogP contribution in [0.3, 0.4) is 0 Å². The third kappa shape index (κ3) is 4.74. The Balaban J connectivity index is 2.32. The molecule has 5 heteroatoms. The van der Waals surface area contributed by atoms with E-state index in [2.05, 4.69) is 10.6 Å². The first-order chi connectivity index (χ1) is 8.13. The van der Waals surface area contributed by atoms with Crippen LogP contribution in [0.2, 0.25) is 0 Å². The molecule has 0 atom stereocenters. The van der Waals surface area contributed by atoms with Gasteiger partial charge in [0.1, 0.15) is 0 Å². The number of nitrogens with one attached hydrogen (secondary N) is 2. The van der Waals surface area contributed by atoms with Crippen molar-refractivity contribution in [2.45, 2.75) is 13.5 Å². The molecule has 0 aromatic heterocycles. The van der Waals surface area contributed by atoms with Crippen LogP contribution in [0.1, 0.15) is 12.5 Å². The molecule has 0 spiro atoms. The van der Waals surface area contributed by atoms with Crippen molar-refractivity contribution in [2.75, 3.05) is 20.2 Å². The number of phenols is 1. The second-order valence-electron chi connectivity index (χ2n) is 3.67. The Kier molecular flexibility index (Phi) is 5.29. The lowest BCUT2D eigenvalue weighted by Crippen LogP contribution is -2.29. The highest BCUT2D eigenvalue weighted by Crippen LogP contribution is 2.25. The summed E-state index contributed by atoms with van der Waals surface area (Å²) in [5.41, 5.74) is 0.964. The molecule has 17 heavy (non-hydrogen) atoms. The van der Waals surface area contributed by atoms with E-state index in [-0.39, 0.29) is 11.7 Å². The fourth-order valence-electron chi connectivity index (χ4n) is 1.41. The Bertz CT molecular complexity index is 380. The van der Waals surface area contributed by atoms with Gasteiger partial charge in [-0.05, 0) is 17.7 Å². The van der Waals surface area contributed by atoms with Crippen molar-refractivity contribution in [3.05, 3.63) is 23.8 Å². The molecule has 0 aliphatic heterocycles. The highest BCUT2D eigenvalue weighted by atomic mass is 16.5. The van der Waals surface area contributed by atoms with Crippen LogP contribution in [-0.2, 0) is 11.3 Å². The van der Waals surface area contributed by atoms with Crippen molar-refractivity contribution >= 4 is 5.91 Å². The molecule has 0 saturated carbocycles. The monoisotopic (exact) mass is 238 g/mol. The van der Waals surface area contributed by atoms with Crippen LogP contribution < -0.4 is 15.4 Å². The van der Waals surface area contributed by atoms with Crippen molar-refractivity contribution in [1.29, 1.82) is 0 Å². The number of hydrogen-bond donors (Lipinski definition) is 3. The molecule has 0 fully saturated rings. The van der Waals surface area contributed by atoms with Gasteiger partial charge in [-0.2, -0.15) is 0 Å². The fraction of sp³-hybridized carbons (Fsp3) is 0.417. The lowest BCUT2D eigenvalue weighted by molar-refractivity contribution is -0.118. The molecule has 1 aromatic rings. The van der Waals surface area contributed by atoms with Gasteiger partial charge in [0, 0.05) is 26.6 Å². The van der Waals surface area contributed by atoms with E-state index in [9.17, 15) is 9.90 Å². The number of carbonyl (C=O) groups excluding carboxylic acids is 1. The highest BCUT2D eigenvalue weighted by Gasteiger charge is 2.01. The number of methoxy groups -OCH3 is 1. The van der Waals surface area contributed by atoms with Crippen molar-refractivity contribution in [2.24, 2.45) is 0 Å². The van der Waals surface area contributed by atoms with E-state index in [1.165, 1.54) is 14.0 Å². The maximum absolute atomic E-state index is 10.6. The molecule has 0 heterocycles. The summed E-state index contributed by atoms with van der Waals surface area (Å²) in [5.74, 6) is 0.564. The number of hydrogen-bond acceptors (Lipinski definition) is 4. The number of phenolic OH excluding ortho intramolecular Hbond substituents is 1. The Hall–Kier alpha value is -1.75. The third-order valence-corrected chi connectivity index (χ3v) is 2.25. The number of aromatic hydroxyl groups is 1. The number of ether oxygens (including phenoxy) is 1. The second-order valence-corrected chi connectivity index (χ2v) is 3.67. The van der Waals surface area contributed by atoms with E-state index in [0.717, 1.165) is 5.56 Å². The van der Waals surface area contributed by atoms with Gasteiger partial charge >= 0.3 is 0 Å². The first-order valence-corrected chi connectivity index (χ1v) is 5.44. The van der Waals surface area contributed by atoms with Crippen molar-refractivity contribution in [1.82, 2.24) is 10.6 Å². The molecule has 1 rings (SSSR count). The molecule has 5 nitrogen and oxygen atoms in total. The molecule has 3 N–H and O–H groups in total. The van der Waals surface area contributed by atoms with Crippen LogP contribution in [0.25, 0.3) is 0 Å². The molecule has 0 radical (unpaired) electrons. The minimum Gasteiger partial charge on any atom is -0.504 e. The number of carbonyl (C=O) groups is 1. The molecule has 94 valence electrons. The molecule has 1 aromatic carbocycles. The smallest absolute Gasteiger partial charge is 0.216 e. The van der Waals surface area contributed by atoms with Gasteiger partial charge < -0.3 is 20.5 Å². The predicted molar refractivity (Wildman–Crippen MR) is 65.0 cm³/mol. The Morgan fingerprint density at radius 2 is 2.18 bits per heavy atom. The van der Waals surface area contributed by atoms with Crippen LogP contribution in [-0.4, -0.2) is 31.2 Å². The Morgan fingerprint density at radius 1 is 1.41 bits per heavy atom. The molecule has 0 bridgehead atoms. The molecule has 0 aliphatic rings. The standard InChI is InChI=1S/C12H18N2O3/c1-9(15)14-6-5-13-8-10-3-4-12(17-2)11(16)7-10/h3-4,7,13,16H,5-6,8H2,1-2H3,(H,14,15). The molecule has 0 unspecified atom stereocenters. The Morgan fingerprint density at radius 3 is 2.76 bits per heavy atom. The lowest BCUT2D eigenvalue weighted by Gasteiger charge is -2.08. The third-order valence-electron chi connectivity index (χ3n) is 2.25. The quantitative estimate of drug-likeness (QED) is 0.636. The van der Waals surface area contributed by atoms with Gasteiger partial charge in [-0.15, -0.1) is 0 Å². The zero-order valence-electron chi connectivity index (χ0n) is 10.1. The van der Waals surface area contributed by atoms with Crippen molar-refractivity contribution < 1.29 is 14.6 Å². The molecule has 0 aliphatic carbocycles. The van der Waals surface area contributed by atoms with Crippen LogP contribution >= 0.6 is 0 Å². The summed E-state index contributed by atoms with van der Waals surface area (Å²) in [6, 6.07) is 5.26. The minimum absolute atomic E-state index is 0.0334. The summed E-state index contributed by atoms with van der Waals surface area (Å²) in [6.45, 7) is 3.41. The summed E-state index contributed by atoms with van der Waals surface area (Å²) in [6.07, 6.45) is 0. The van der Waals surface area contributed by atoms with E-state index >= 15 is 0 Å². The van der Waals surface area contributed by atoms with Crippen LogP contribution in [0.5, 0.6) is 11.5 Å². The van der Waals surface area contributed by atoms with E-state index in [0.29, 0.717) is 25.4 Å². The largest absolute Gasteiger partial charge is 0.504 e. The van der Waals surface area contributed by atoms with Gasteiger partial charge in [0.2, 0.25) is 5.91 Å². The van der Waals surface area contributed by atoms with Gasteiger partial charge in [0.05, 0.1) is 7.11 Å². The van der Waals surface area contributed by atoms with Gasteiger partial charge in [0.15, 0.2) is 11.5 Å². The number of amides is 1. The first-order valence-electron chi connectivity index (χ1n) is 5.44. The SMILES string of the molecule is COc1ccc(CNCCNC(C)=O)cc1O. The normalized spacial score (nSPS) is 10.0. The molecular weight excluding hydrogens is 220 g/mol. The Labute approximate surface area is 101 Å². The summed E-state index contributed by atoms with van der Waals surface area (Å²) in [4.78, 5) is 10.6. The van der Waals surface area contributed by atoms with Crippen LogP contribution in [0.4, 0.5) is 0 Å². The maximum Gasteiger partial charge on any atom is 0.216 e. The average molecular weight is 238 g/mol.